The largest absolute Gasteiger partial charge is 0.497 e. The van der Waals surface area contributed by atoms with Gasteiger partial charge in [0.15, 0.2) is 5.82 Å². The number of benzene rings is 2. The topological polar surface area (TPSA) is 66.0 Å². The molecule has 0 saturated heterocycles. The van der Waals surface area contributed by atoms with Gasteiger partial charge in [0.2, 0.25) is 10.7 Å². The highest BCUT2D eigenvalue weighted by molar-refractivity contribution is 7.71. The number of hydrogen-bond donors (Lipinski definition) is 1. The molecule has 0 bridgehead atoms. The molecule has 152 valence electrons. The summed E-state index contributed by atoms with van der Waals surface area (Å²) >= 11 is 5.58. The lowest BCUT2D eigenvalue weighted by Crippen LogP contribution is -2.20. The maximum Gasteiger partial charge on any atom is 0.246 e. The lowest BCUT2D eigenvalue weighted by molar-refractivity contribution is -0.117. The number of nitrogens with one attached hydrogen (secondary N) is 1. The van der Waals surface area contributed by atoms with Gasteiger partial charge in [-0.25, -0.2) is 13.7 Å². The first kappa shape index (κ1) is 19.6. The van der Waals surface area contributed by atoms with Crippen LogP contribution in [0.3, 0.4) is 0 Å². The van der Waals surface area contributed by atoms with Crippen LogP contribution in [0.2, 0.25) is 0 Å². The first-order valence-corrected chi connectivity index (χ1v) is 9.50. The number of ether oxygens (including phenoxy) is 1. The summed E-state index contributed by atoms with van der Waals surface area (Å²) in [4.78, 5) is 12.5. The van der Waals surface area contributed by atoms with Crippen LogP contribution >= 0.6 is 12.2 Å². The van der Waals surface area contributed by atoms with Crippen LogP contribution in [-0.4, -0.2) is 32.1 Å². The van der Waals surface area contributed by atoms with E-state index in [1.54, 1.807) is 28.6 Å². The molecule has 0 saturated carbocycles. The van der Waals surface area contributed by atoms with Crippen molar-refractivity contribution < 1.29 is 13.9 Å². The molecule has 1 amide bonds. The van der Waals surface area contributed by atoms with Crippen molar-refractivity contribution in [2.24, 2.45) is 0 Å². The van der Waals surface area contributed by atoms with Gasteiger partial charge in [-0.1, -0.05) is 12.1 Å². The van der Waals surface area contributed by atoms with Gasteiger partial charge >= 0.3 is 0 Å². The third-order valence-electron chi connectivity index (χ3n) is 4.43. The van der Waals surface area contributed by atoms with Crippen LogP contribution in [0, 0.1) is 10.6 Å². The number of amides is 1. The monoisotopic (exact) mass is 423 g/mol. The van der Waals surface area contributed by atoms with E-state index in [-0.39, 0.29) is 12.2 Å². The zero-order valence-electron chi connectivity index (χ0n) is 16.0. The molecule has 2 aromatic carbocycles. The summed E-state index contributed by atoms with van der Waals surface area (Å²) in [6.45, 7) is -0.162. The van der Waals surface area contributed by atoms with Crippen LogP contribution in [0.1, 0.15) is 0 Å². The van der Waals surface area contributed by atoms with Gasteiger partial charge in [0.25, 0.3) is 0 Å². The van der Waals surface area contributed by atoms with Gasteiger partial charge in [-0.3, -0.25) is 9.47 Å². The molecule has 9 heteroatoms. The maximum absolute atomic E-state index is 13.8. The molecular weight excluding hydrogens is 405 g/mol. The summed E-state index contributed by atoms with van der Waals surface area (Å²) < 4.78 is 24.3. The number of nitrogens with zero attached hydrogens (tertiary/aromatic N) is 4. The number of aromatic nitrogens is 4. The molecule has 0 aliphatic heterocycles. The molecule has 2 heterocycles. The van der Waals surface area contributed by atoms with Gasteiger partial charge in [-0.15, -0.1) is 5.10 Å². The van der Waals surface area contributed by atoms with Crippen LogP contribution in [0.15, 0.2) is 73.1 Å². The molecule has 0 aliphatic carbocycles. The molecule has 0 radical (unpaired) electrons. The third-order valence-corrected chi connectivity index (χ3v) is 4.81. The standard InChI is InChI=1S/C21H18FN5O2S/c1-29-16-10-8-15(9-11-16)20-24-26(21(30)27(20)25-12-4-5-13-25)14-19(28)23-18-7-3-2-6-17(18)22/h2-13H,14H2,1H3,(H,23,28). The van der Waals surface area contributed by atoms with E-state index in [9.17, 15) is 9.18 Å². The Morgan fingerprint density at radius 3 is 2.47 bits per heavy atom. The summed E-state index contributed by atoms with van der Waals surface area (Å²) in [5.41, 5.74) is 0.901. The molecule has 7 nitrogen and oxygen atoms in total. The number of rotatable bonds is 6. The zero-order chi connectivity index (χ0) is 21.1. The smallest absolute Gasteiger partial charge is 0.246 e. The average molecular weight is 423 g/mol. The number of para-hydroxylation sites is 1. The molecule has 4 aromatic rings. The van der Waals surface area contributed by atoms with E-state index in [1.807, 2.05) is 48.8 Å². The SMILES string of the molecule is COc1ccc(-c2nn(CC(=O)Nc3ccccc3F)c(=S)n2-n2cccc2)cc1. The zero-order valence-corrected chi connectivity index (χ0v) is 16.8. The van der Waals surface area contributed by atoms with E-state index >= 15 is 0 Å². The molecule has 0 atom stereocenters. The Morgan fingerprint density at radius 2 is 1.80 bits per heavy atom. The highest BCUT2D eigenvalue weighted by Gasteiger charge is 2.17. The fourth-order valence-corrected chi connectivity index (χ4v) is 3.26. The van der Waals surface area contributed by atoms with E-state index in [4.69, 9.17) is 17.0 Å². The van der Waals surface area contributed by atoms with Crippen molar-refractivity contribution in [1.29, 1.82) is 0 Å². The van der Waals surface area contributed by atoms with E-state index in [0.29, 0.717) is 16.3 Å². The first-order chi connectivity index (χ1) is 14.6. The molecule has 30 heavy (non-hydrogen) atoms. The summed E-state index contributed by atoms with van der Waals surface area (Å²) in [6.07, 6.45) is 3.66. The maximum atomic E-state index is 13.8. The molecule has 4 rings (SSSR count). The van der Waals surface area contributed by atoms with Gasteiger partial charge in [-0.05, 0) is 60.7 Å². The summed E-state index contributed by atoms with van der Waals surface area (Å²) in [7, 11) is 1.60. The quantitative estimate of drug-likeness (QED) is 0.477. The van der Waals surface area contributed by atoms with Crippen LogP contribution in [0.5, 0.6) is 5.75 Å². The highest BCUT2D eigenvalue weighted by atomic mass is 32.1. The van der Waals surface area contributed by atoms with Crippen molar-refractivity contribution in [2.75, 3.05) is 12.4 Å². The Labute approximate surface area is 176 Å². The number of halogens is 1. The molecule has 1 N–H and O–H groups in total. The van der Waals surface area contributed by atoms with Crippen LogP contribution in [0.25, 0.3) is 11.4 Å². The predicted octanol–water partition coefficient (Wildman–Crippen LogP) is 3.98. The average Bonchev–Trinajstić information content (AvgIpc) is 3.38. The molecule has 0 aliphatic rings. The van der Waals surface area contributed by atoms with Crippen LogP contribution < -0.4 is 10.1 Å². The molecule has 0 unspecified atom stereocenters. The van der Waals surface area contributed by atoms with Crippen molar-refractivity contribution in [3.63, 3.8) is 0 Å². The summed E-state index contributed by atoms with van der Waals surface area (Å²) in [5.74, 6) is 0.326. The van der Waals surface area contributed by atoms with Gasteiger partial charge in [0.1, 0.15) is 18.1 Å². The lowest BCUT2D eigenvalue weighted by Gasteiger charge is -2.08. The minimum absolute atomic E-state index is 0.106. The van der Waals surface area contributed by atoms with E-state index in [0.717, 1.165) is 5.56 Å². The van der Waals surface area contributed by atoms with Crippen LogP contribution in [0.4, 0.5) is 10.1 Å². The number of methoxy groups -OCH3 is 1. The second-order valence-electron chi connectivity index (χ2n) is 6.40. The number of carbonyl (C=O) groups excluding carboxylic acids is 1. The Morgan fingerprint density at radius 1 is 1.10 bits per heavy atom. The van der Waals surface area contributed by atoms with Gasteiger partial charge in [-0.2, -0.15) is 0 Å². The fraction of sp³-hybridized carbons (Fsp3) is 0.0952. The number of hydrogen-bond acceptors (Lipinski definition) is 4. The normalized spacial score (nSPS) is 10.7. The second kappa shape index (κ2) is 8.34. The Bertz CT molecular complexity index is 1230. The van der Waals surface area contributed by atoms with Gasteiger partial charge < -0.3 is 10.1 Å². The van der Waals surface area contributed by atoms with Crippen molar-refractivity contribution in [3.8, 4) is 17.1 Å². The third kappa shape index (κ3) is 3.87. The first-order valence-electron chi connectivity index (χ1n) is 9.09. The van der Waals surface area contributed by atoms with Gasteiger partial charge in [0, 0.05) is 18.0 Å². The minimum atomic E-state index is -0.508. The molecule has 2 aromatic heterocycles. The highest BCUT2D eigenvalue weighted by Crippen LogP contribution is 2.22. The Hall–Kier alpha value is -3.72. The summed E-state index contributed by atoms with van der Waals surface area (Å²) in [6, 6.07) is 17.1. The van der Waals surface area contributed by atoms with Crippen molar-refractivity contribution in [1.82, 2.24) is 19.1 Å². The van der Waals surface area contributed by atoms with E-state index < -0.39 is 11.7 Å². The molecule has 0 fully saturated rings. The van der Waals surface area contributed by atoms with E-state index in [2.05, 4.69) is 10.4 Å². The Kier molecular flexibility index (Phi) is 5.44. The van der Waals surface area contributed by atoms with Crippen molar-refractivity contribution >= 4 is 23.8 Å². The molecule has 0 spiro atoms. The Balaban J connectivity index is 1.69. The fourth-order valence-electron chi connectivity index (χ4n) is 2.98. The number of anilines is 1. The van der Waals surface area contributed by atoms with Crippen molar-refractivity contribution in [3.05, 3.63) is 83.6 Å². The number of carbonyl (C=O) groups is 1. The minimum Gasteiger partial charge on any atom is -0.497 e. The summed E-state index contributed by atoms with van der Waals surface area (Å²) in [5, 5.41) is 7.11. The lowest BCUT2D eigenvalue weighted by atomic mass is 10.2. The van der Waals surface area contributed by atoms with E-state index in [1.165, 1.54) is 16.8 Å². The second-order valence-corrected chi connectivity index (χ2v) is 6.76. The predicted molar refractivity (Wildman–Crippen MR) is 113 cm³/mol. The molecular formula is C21H18FN5O2S. The van der Waals surface area contributed by atoms with Crippen molar-refractivity contribution in [2.45, 2.75) is 6.54 Å². The van der Waals surface area contributed by atoms with Gasteiger partial charge in [0.05, 0.1) is 12.8 Å². The van der Waals surface area contributed by atoms with Crippen LogP contribution in [-0.2, 0) is 11.3 Å².